The Balaban J connectivity index is 4.70. The second-order valence-electron chi connectivity index (χ2n) is 17.3. The average molecular weight is 852 g/mol. The second kappa shape index (κ2) is 48.3. The zero-order chi connectivity index (χ0) is 44.5. The normalized spacial score (nSPS) is 13.9. The molecule has 0 bridgehead atoms. The van der Waals surface area contributed by atoms with Crippen LogP contribution in [0.15, 0.2) is 72.9 Å². The fraction of sp³-hybridized carbons (Fsp3) is 0.745. The van der Waals surface area contributed by atoms with E-state index in [2.05, 4.69) is 99.0 Å². The Kier molecular flexibility index (Phi) is 46.2. The molecule has 6 nitrogen and oxygen atoms in total. The molecular weight excluding hydrogens is 755 g/mol. The molecule has 3 N–H and O–H groups in total. The first-order chi connectivity index (χ1) is 30.0. The highest BCUT2D eigenvalue weighted by molar-refractivity contribution is 5.77. The number of carbonyl (C=O) groups excluding carboxylic acids is 2. The van der Waals surface area contributed by atoms with Gasteiger partial charge in [0.25, 0.3) is 0 Å². The number of allylic oxidation sites excluding steroid dienone is 12. The minimum Gasteiger partial charge on any atom is -0.462 e. The topological polar surface area (TPSA) is 95.9 Å². The number of hydrogen-bond donors (Lipinski definition) is 3. The fourth-order valence-corrected chi connectivity index (χ4v) is 7.49. The number of ether oxygens (including phenoxy) is 1. The van der Waals surface area contributed by atoms with Crippen molar-refractivity contribution in [3.8, 4) is 0 Å². The molecule has 0 radical (unpaired) electrons. The maximum atomic E-state index is 13.2. The number of amides is 1. The van der Waals surface area contributed by atoms with Gasteiger partial charge in [-0.25, -0.2) is 0 Å². The molecule has 0 spiro atoms. The molecule has 0 aliphatic carbocycles. The van der Waals surface area contributed by atoms with E-state index in [4.69, 9.17) is 4.74 Å². The molecule has 0 fully saturated rings. The van der Waals surface area contributed by atoms with Gasteiger partial charge in [0.1, 0.15) is 6.10 Å². The lowest BCUT2D eigenvalue weighted by Gasteiger charge is -2.24. The number of carbonyl (C=O) groups is 2. The number of rotatable bonds is 45. The zero-order valence-electron chi connectivity index (χ0n) is 40.0. The molecule has 1 amide bonds. The predicted molar refractivity (Wildman–Crippen MR) is 264 cm³/mol. The lowest BCUT2D eigenvalue weighted by molar-refractivity contribution is -0.151. The monoisotopic (exact) mass is 852 g/mol. The fourth-order valence-electron chi connectivity index (χ4n) is 7.49. The molecule has 6 heteroatoms. The van der Waals surface area contributed by atoms with Crippen LogP contribution in [-0.2, 0) is 14.3 Å². The molecule has 0 aromatic rings. The van der Waals surface area contributed by atoms with Gasteiger partial charge in [0.15, 0.2) is 0 Å². The summed E-state index contributed by atoms with van der Waals surface area (Å²) in [4.78, 5) is 26.1. The summed E-state index contributed by atoms with van der Waals surface area (Å²) in [5.74, 6) is -0.533. The number of aliphatic hydroxyl groups is 2. The van der Waals surface area contributed by atoms with Gasteiger partial charge in [0.05, 0.1) is 25.2 Å². The number of esters is 1. The van der Waals surface area contributed by atoms with Gasteiger partial charge in [-0.3, -0.25) is 9.59 Å². The quantitative estimate of drug-likeness (QED) is 0.0322. The summed E-state index contributed by atoms with van der Waals surface area (Å²) >= 11 is 0. The molecule has 352 valence electrons. The maximum Gasteiger partial charge on any atom is 0.306 e. The number of unbranched alkanes of at least 4 members (excludes halogenated alkanes) is 25. The van der Waals surface area contributed by atoms with Crippen molar-refractivity contribution < 1.29 is 24.5 Å². The van der Waals surface area contributed by atoms with Gasteiger partial charge in [-0.2, -0.15) is 0 Å². The molecule has 0 rings (SSSR count). The molecular formula is C55H97NO5. The average Bonchev–Trinajstić information content (AvgIpc) is 3.25. The molecule has 0 heterocycles. The number of aliphatic hydroxyl groups excluding tert-OH is 2. The van der Waals surface area contributed by atoms with Crippen LogP contribution in [0.4, 0.5) is 0 Å². The summed E-state index contributed by atoms with van der Waals surface area (Å²) in [6.07, 6.45) is 61.0. The van der Waals surface area contributed by atoms with Crippen LogP contribution < -0.4 is 5.32 Å². The summed E-state index contributed by atoms with van der Waals surface area (Å²) in [5, 5.41) is 23.8. The van der Waals surface area contributed by atoms with E-state index >= 15 is 0 Å². The highest BCUT2D eigenvalue weighted by Crippen LogP contribution is 2.17. The first-order valence-electron chi connectivity index (χ1n) is 25.7. The van der Waals surface area contributed by atoms with Gasteiger partial charge in [0, 0.05) is 6.42 Å². The van der Waals surface area contributed by atoms with Gasteiger partial charge in [-0.1, -0.05) is 229 Å². The van der Waals surface area contributed by atoms with E-state index in [1.807, 2.05) is 0 Å². The van der Waals surface area contributed by atoms with Gasteiger partial charge in [-0.05, 0) is 70.6 Å². The smallest absolute Gasteiger partial charge is 0.306 e. The Bertz CT molecular complexity index is 1140. The van der Waals surface area contributed by atoms with Gasteiger partial charge in [0.2, 0.25) is 5.91 Å². The van der Waals surface area contributed by atoms with Gasteiger partial charge in [-0.15, -0.1) is 0 Å². The Labute approximate surface area is 377 Å². The van der Waals surface area contributed by atoms with Crippen molar-refractivity contribution in [1.82, 2.24) is 5.32 Å². The van der Waals surface area contributed by atoms with Crippen molar-refractivity contribution in [3.05, 3.63) is 72.9 Å². The SMILES string of the molecule is CC/C=C/C=C/C=C\CCCCCCCC(=O)OC(CCCCC/C=C/C=C/C=C/CCCCCCC)CC(=O)NC(CO)C(O)CCCCCCCCCCCCCCC. The molecule has 3 atom stereocenters. The highest BCUT2D eigenvalue weighted by atomic mass is 16.5. The van der Waals surface area contributed by atoms with Crippen molar-refractivity contribution in [2.75, 3.05) is 6.61 Å². The van der Waals surface area contributed by atoms with Crippen molar-refractivity contribution in [2.45, 2.75) is 257 Å². The molecule has 61 heavy (non-hydrogen) atoms. The predicted octanol–water partition coefficient (Wildman–Crippen LogP) is 15.4. The van der Waals surface area contributed by atoms with Crippen LogP contribution in [-0.4, -0.2) is 46.9 Å². The van der Waals surface area contributed by atoms with Crippen LogP contribution in [0.1, 0.15) is 239 Å². The maximum absolute atomic E-state index is 13.2. The standard InChI is InChI=1S/C55H97NO5/c1-4-7-10-13-16-19-22-25-26-27-30-31-34-37-40-43-46-51(61-55(60)48-45-42-39-36-33-29-24-21-18-15-12-9-6-3)49-54(59)56-52(50-57)53(58)47-44-41-38-35-32-28-23-20-17-14-11-8-5-2/h9,12,15,18,21-22,24-27,30-31,51-53,57-58H,4-8,10-11,13-14,16-17,19-20,23,28-29,32-50H2,1-3H3,(H,56,59)/b12-9+,18-15+,24-21-,25-22+,27-26+,31-30+. The Morgan fingerprint density at radius 3 is 1.34 bits per heavy atom. The summed E-state index contributed by atoms with van der Waals surface area (Å²) in [6, 6.07) is -0.719. The largest absolute Gasteiger partial charge is 0.462 e. The second-order valence-corrected chi connectivity index (χ2v) is 17.3. The summed E-state index contributed by atoms with van der Waals surface area (Å²) in [7, 11) is 0. The summed E-state index contributed by atoms with van der Waals surface area (Å²) in [6.45, 7) is 6.32. The zero-order valence-corrected chi connectivity index (χ0v) is 40.0. The van der Waals surface area contributed by atoms with Crippen LogP contribution in [0.25, 0.3) is 0 Å². The van der Waals surface area contributed by atoms with E-state index < -0.39 is 18.2 Å². The molecule has 0 saturated heterocycles. The highest BCUT2D eigenvalue weighted by Gasteiger charge is 2.24. The summed E-state index contributed by atoms with van der Waals surface area (Å²) < 4.78 is 5.91. The minimum atomic E-state index is -0.803. The van der Waals surface area contributed by atoms with E-state index in [0.717, 1.165) is 96.3 Å². The molecule has 0 aliphatic rings. The first-order valence-corrected chi connectivity index (χ1v) is 25.7. The Morgan fingerprint density at radius 1 is 0.492 bits per heavy atom. The molecule has 0 saturated carbocycles. The van der Waals surface area contributed by atoms with Crippen LogP contribution in [0.5, 0.6) is 0 Å². The molecule has 0 aromatic carbocycles. The van der Waals surface area contributed by atoms with Crippen LogP contribution in [0.2, 0.25) is 0 Å². The van der Waals surface area contributed by atoms with Gasteiger partial charge >= 0.3 is 5.97 Å². The third kappa shape index (κ3) is 43.7. The van der Waals surface area contributed by atoms with E-state index in [1.165, 1.54) is 96.3 Å². The van der Waals surface area contributed by atoms with Crippen LogP contribution in [0.3, 0.4) is 0 Å². The van der Waals surface area contributed by atoms with Crippen molar-refractivity contribution in [3.63, 3.8) is 0 Å². The Hall–Kier alpha value is -2.70. The van der Waals surface area contributed by atoms with Crippen molar-refractivity contribution >= 4 is 11.9 Å². The molecule has 0 aromatic heterocycles. The van der Waals surface area contributed by atoms with Crippen molar-refractivity contribution in [2.24, 2.45) is 0 Å². The van der Waals surface area contributed by atoms with Crippen LogP contribution >= 0.6 is 0 Å². The van der Waals surface area contributed by atoms with E-state index in [9.17, 15) is 19.8 Å². The number of hydrogen-bond acceptors (Lipinski definition) is 5. The third-order valence-electron chi connectivity index (χ3n) is 11.4. The third-order valence-corrected chi connectivity index (χ3v) is 11.4. The van der Waals surface area contributed by atoms with Crippen LogP contribution in [0, 0.1) is 0 Å². The number of nitrogens with one attached hydrogen (secondary N) is 1. The summed E-state index contributed by atoms with van der Waals surface area (Å²) in [5.41, 5.74) is 0. The first kappa shape index (κ1) is 58.3. The van der Waals surface area contributed by atoms with E-state index in [0.29, 0.717) is 19.3 Å². The van der Waals surface area contributed by atoms with E-state index in [1.54, 1.807) is 0 Å². The minimum absolute atomic E-state index is 0.0439. The van der Waals surface area contributed by atoms with Gasteiger partial charge < -0.3 is 20.3 Å². The molecule has 3 unspecified atom stereocenters. The Morgan fingerprint density at radius 2 is 0.885 bits per heavy atom. The lowest BCUT2D eigenvalue weighted by atomic mass is 10.0. The molecule has 0 aliphatic heterocycles. The van der Waals surface area contributed by atoms with Crippen molar-refractivity contribution in [1.29, 1.82) is 0 Å². The van der Waals surface area contributed by atoms with E-state index in [-0.39, 0.29) is 24.9 Å². The lowest BCUT2D eigenvalue weighted by Crippen LogP contribution is -2.46.